The number of nitrogens with zero attached hydrogens (tertiary/aromatic N) is 2. The van der Waals surface area contributed by atoms with Crippen molar-refractivity contribution < 1.29 is 8.42 Å². The van der Waals surface area contributed by atoms with Crippen LogP contribution >= 0.6 is 11.6 Å². The van der Waals surface area contributed by atoms with E-state index in [-0.39, 0.29) is 23.3 Å². The van der Waals surface area contributed by atoms with Crippen LogP contribution in [-0.4, -0.2) is 36.2 Å². The molecule has 0 bridgehead atoms. The van der Waals surface area contributed by atoms with Crippen molar-refractivity contribution >= 4 is 21.4 Å². The minimum atomic E-state index is -2.87. The second-order valence-electron chi connectivity index (χ2n) is 5.33. The Labute approximate surface area is 119 Å². The molecule has 19 heavy (non-hydrogen) atoms. The van der Waals surface area contributed by atoms with Crippen LogP contribution in [0.15, 0.2) is 0 Å². The lowest BCUT2D eigenvalue weighted by atomic mass is 9.88. The van der Waals surface area contributed by atoms with E-state index in [9.17, 15) is 8.42 Å². The molecule has 1 aromatic rings. The summed E-state index contributed by atoms with van der Waals surface area (Å²) in [6.45, 7) is 2.34. The molecule has 0 aromatic carbocycles. The molecule has 1 aliphatic rings. The number of rotatable bonds is 4. The molecule has 0 radical (unpaired) electrons. The summed E-state index contributed by atoms with van der Waals surface area (Å²) in [4.78, 5) is 0. The lowest BCUT2D eigenvalue weighted by Gasteiger charge is -2.21. The third kappa shape index (κ3) is 3.12. The van der Waals surface area contributed by atoms with E-state index >= 15 is 0 Å². The van der Waals surface area contributed by atoms with E-state index in [2.05, 4.69) is 5.10 Å². The molecule has 2 heterocycles. The smallest absolute Gasteiger partial charge is 0.150 e. The van der Waals surface area contributed by atoms with Gasteiger partial charge in [0.2, 0.25) is 0 Å². The van der Waals surface area contributed by atoms with Crippen molar-refractivity contribution in [1.29, 1.82) is 0 Å². The van der Waals surface area contributed by atoms with Crippen molar-refractivity contribution in [2.24, 2.45) is 24.6 Å². The molecule has 0 spiro atoms. The molecule has 108 valence electrons. The molecular formula is C12H20ClN3O2S. The first kappa shape index (κ1) is 14.8. The topological polar surface area (TPSA) is 78.0 Å². The fourth-order valence-electron chi connectivity index (χ4n) is 2.79. The third-order valence-corrected chi connectivity index (χ3v) is 6.24. The van der Waals surface area contributed by atoms with Crippen molar-refractivity contribution in [2.45, 2.75) is 19.8 Å². The van der Waals surface area contributed by atoms with E-state index in [1.54, 1.807) is 4.68 Å². The molecule has 2 unspecified atom stereocenters. The van der Waals surface area contributed by atoms with E-state index in [0.717, 1.165) is 11.4 Å². The van der Waals surface area contributed by atoms with Crippen LogP contribution in [0.1, 0.15) is 17.8 Å². The number of aromatic nitrogens is 2. The van der Waals surface area contributed by atoms with Gasteiger partial charge in [0, 0.05) is 7.05 Å². The van der Waals surface area contributed by atoms with Gasteiger partial charge in [-0.05, 0) is 38.1 Å². The molecule has 1 fully saturated rings. The highest BCUT2D eigenvalue weighted by molar-refractivity contribution is 7.91. The van der Waals surface area contributed by atoms with Gasteiger partial charge in [0.1, 0.15) is 0 Å². The van der Waals surface area contributed by atoms with Crippen molar-refractivity contribution in [3.8, 4) is 0 Å². The van der Waals surface area contributed by atoms with Crippen LogP contribution in [0.5, 0.6) is 0 Å². The van der Waals surface area contributed by atoms with Crippen molar-refractivity contribution in [3.63, 3.8) is 0 Å². The molecule has 1 saturated heterocycles. The fraction of sp³-hybridized carbons (Fsp3) is 0.750. The average Bonchev–Trinajstić information content (AvgIpc) is 2.79. The Kier molecular flexibility index (Phi) is 4.23. The van der Waals surface area contributed by atoms with E-state index in [4.69, 9.17) is 17.3 Å². The molecular weight excluding hydrogens is 286 g/mol. The fourth-order valence-corrected chi connectivity index (χ4v) is 4.95. The Morgan fingerprint density at radius 3 is 2.68 bits per heavy atom. The number of halogens is 1. The van der Waals surface area contributed by atoms with Crippen molar-refractivity contribution in [1.82, 2.24) is 9.78 Å². The number of hydrogen-bond donors (Lipinski definition) is 1. The zero-order valence-electron chi connectivity index (χ0n) is 11.3. The van der Waals surface area contributed by atoms with Crippen LogP contribution in [0, 0.1) is 18.8 Å². The van der Waals surface area contributed by atoms with Gasteiger partial charge in [0.15, 0.2) is 9.84 Å². The molecule has 2 atom stereocenters. The molecule has 2 rings (SSSR count). The highest BCUT2D eigenvalue weighted by atomic mass is 35.5. The van der Waals surface area contributed by atoms with Crippen molar-refractivity contribution in [2.75, 3.05) is 18.1 Å². The number of aryl methyl sites for hydroxylation is 2. The maximum absolute atomic E-state index is 11.6. The summed E-state index contributed by atoms with van der Waals surface area (Å²) in [5.74, 6) is 0.821. The number of nitrogens with two attached hydrogens (primary N) is 1. The summed E-state index contributed by atoms with van der Waals surface area (Å²) in [5, 5.41) is 4.95. The Bertz CT molecular complexity index is 568. The van der Waals surface area contributed by atoms with Gasteiger partial charge < -0.3 is 5.73 Å². The predicted octanol–water partition coefficient (Wildman–Crippen LogP) is 0.934. The van der Waals surface area contributed by atoms with Crippen LogP contribution in [0.3, 0.4) is 0 Å². The molecule has 1 aromatic heterocycles. The van der Waals surface area contributed by atoms with Crippen LogP contribution in [-0.2, 0) is 23.3 Å². The molecule has 2 N–H and O–H groups in total. The quantitative estimate of drug-likeness (QED) is 0.898. The zero-order chi connectivity index (χ0) is 14.2. The highest BCUT2D eigenvalue weighted by Gasteiger charge is 2.33. The Hall–Kier alpha value is -0.590. The van der Waals surface area contributed by atoms with Crippen LogP contribution in [0.25, 0.3) is 0 Å². The summed E-state index contributed by atoms with van der Waals surface area (Å²) >= 11 is 6.24. The van der Waals surface area contributed by atoms with E-state index in [1.807, 2.05) is 14.0 Å². The molecule has 1 aliphatic heterocycles. The van der Waals surface area contributed by atoms with Crippen LogP contribution in [0.4, 0.5) is 0 Å². The van der Waals surface area contributed by atoms with Gasteiger partial charge in [-0.2, -0.15) is 5.10 Å². The first-order valence-corrected chi connectivity index (χ1v) is 8.62. The Morgan fingerprint density at radius 2 is 2.26 bits per heavy atom. The molecule has 7 heteroatoms. The van der Waals surface area contributed by atoms with E-state index < -0.39 is 9.84 Å². The second kappa shape index (κ2) is 5.42. The van der Waals surface area contributed by atoms with Gasteiger partial charge in [-0.3, -0.25) is 4.68 Å². The monoisotopic (exact) mass is 305 g/mol. The lowest BCUT2D eigenvalue weighted by molar-refractivity contribution is 0.363. The molecule has 0 aliphatic carbocycles. The first-order chi connectivity index (χ1) is 8.84. The third-order valence-electron chi connectivity index (χ3n) is 3.95. The summed E-state index contributed by atoms with van der Waals surface area (Å²) in [7, 11) is -1.01. The van der Waals surface area contributed by atoms with Gasteiger partial charge in [0.05, 0.1) is 27.9 Å². The van der Waals surface area contributed by atoms with E-state index in [0.29, 0.717) is 24.4 Å². The van der Waals surface area contributed by atoms with E-state index in [1.165, 1.54) is 0 Å². The second-order valence-corrected chi connectivity index (χ2v) is 7.94. The lowest BCUT2D eigenvalue weighted by Crippen LogP contribution is -2.27. The summed E-state index contributed by atoms with van der Waals surface area (Å²) in [6, 6.07) is 0. The number of hydrogen-bond acceptors (Lipinski definition) is 4. The van der Waals surface area contributed by atoms with Crippen molar-refractivity contribution in [3.05, 3.63) is 16.4 Å². The maximum atomic E-state index is 11.6. The summed E-state index contributed by atoms with van der Waals surface area (Å²) < 4.78 is 24.9. The molecule has 0 saturated carbocycles. The predicted molar refractivity (Wildman–Crippen MR) is 76.0 cm³/mol. The zero-order valence-corrected chi connectivity index (χ0v) is 12.8. The SMILES string of the molecule is Cc1nn(C)c(CC(CN)C2CCS(=O)(=O)C2)c1Cl. The average molecular weight is 306 g/mol. The van der Waals surface area contributed by atoms with Gasteiger partial charge >= 0.3 is 0 Å². The summed E-state index contributed by atoms with van der Waals surface area (Å²) in [6.07, 6.45) is 1.39. The van der Waals surface area contributed by atoms with Gasteiger partial charge in [-0.15, -0.1) is 0 Å². The van der Waals surface area contributed by atoms with Gasteiger partial charge in [-0.25, -0.2) is 8.42 Å². The summed E-state index contributed by atoms with van der Waals surface area (Å²) in [5.41, 5.74) is 7.57. The van der Waals surface area contributed by atoms with Crippen LogP contribution < -0.4 is 5.73 Å². The van der Waals surface area contributed by atoms with Gasteiger partial charge in [0.25, 0.3) is 0 Å². The number of sulfone groups is 1. The Balaban J connectivity index is 2.16. The molecule has 5 nitrogen and oxygen atoms in total. The van der Waals surface area contributed by atoms with Gasteiger partial charge in [-0.1, -0.05) is 11.6 Å². The maximum Gasteiger partial charge on any atom is 0.150 e. The highest BCUT2D eigenvalue weighted by Crippen LogP contribution is 2.30. The van der Waals surface area contributed by atoms with Crippen LogP contribution in [0.2, 0.25) is 5.02 Å². The Morgan fingerprint density at radius 1 is 1.58 bits per heavy atom. The minimum absolute atomic E-state index is 0.140. The largest absolute Gasteiger partial charge is 0.330 e. The standard InChI is InChI=1S/C12H20ClN3O2S/c1-8-12(13)11(16(2)15-8)5-10(6-14)9-3-4-19(17,18)7-9/h9-10H,3-7,14H2,1-2H3. The minimum Gasteiger partial charge on any atom is -0.330 e. The first-order valence-electron chi connectivity index (χ1n) is 6.42. The normalized spacial score (nSPS) is 23.7. The molecule has 0 amide bonds.